The standard InChI is InChI=1S/C8H9F6I/c1-2-3-4-5-6(15,7(9,10)11)8(12,13)14/h2-3H,4-5H2,1H3/b3-2+. The van der Waals surface area contributed by atoms with Gasteiger partial charge in [0.15, 0.2) is 0 Å². The molecular formula is C8H9F6I. The van der Waals surface area contributed by atoms with Crippen molar-refractivity contribution in [2.24, 2.45) is 0 Å². The lowest BCUT2D eigenvalue weighted by Crippen LogP contribution is -2.51. The summed E-state index contributed by atoms with van der Waals surface area (Å²) in [7, 11) is 0. The molecule has 0 radical (unpaired) electrons. The first-order valence-electron chi connectivity index (χ1n) is 4.00. The summed E-state index contributed by atoms with van der Waals surface area (Å²) in [4.78, 5) is 0. The van der Waals surface area contributed by atoms with E-state index in [1.807, 2.05) is 0 Å². The van der Waals surface area contributed by atoms with Crippen molar-refractivity contribution in [3.8, 4) is 0 Å². The second-order valence-corrected chi connectivity index (χ2v) is 4.75. The second-order valence-electron chi connectivity index (χ2n) is 2.90. The molecule has 90 valence electrons. The van der Waals surface area contributed by atoms with Crippen molar-refractivity contribution in [3.63, 3.8) is 0 Å². The summed E-state index contributed by atoms with van der Waals surface area (Å²) in [5.41, 5.74) is 0. The van der Waals surface area contributed by atoms with Crippen LogP contribution in [0.4, 0.5) is 26.3 Å². The maximum atomic E-state index is 12.3. The number of rotatable bonds is 3. The molecular weight excluding hydrogens is 337 g/mol. The molecule has 0 aliphatic heterocycles. The average molecular weight is 346 g/mol. The summed E-state index contributed by atoms with van der Waals surface area (Å²) in [5.74, 6) is 0. The van der Waals surface area contributed by atoms with Crippen LogP contribution in [0.25, 0.3) is 0 Å². The summed E-state index contributed by atoms with van der Waals surface area (Å²) in [6.45, 7) is 1.54. The first-order valence-corrected chi connectivity index (χ1v) is 5.07. The summed E-state index contributed by atoms with van der Waals surface area (Å²) >= 11 is 0.444. The Morgan fingerprint density at radius 2 is 1.40 bits per heavy atom. The highest BCUT2D eigenvalue weighted by Crippen LogP contribution is 2.52. The average Bonchev–Trinajstić information content (AvgIpc) is 2.00. The number of alkyl halides is 7. The van der Waals surface area contributed by atoms with Gasteiger partial charge in [-0.05, 0) is 19.8 Å². The molecule has 15 heavy (non-hydrogen) atoms. The Morgan fingerprint density at radius 3 is 1.67 bits per heavy atom. The molecule has 0 nitrogen and oxygen atoms in total. The van der Waals surface area contributed by atoms with Crippen LogP contribution >= 0.6 is 22.6 Å². The van der Waals surface area contributed by atoms with Crippen molar-refractivity contribution in [2.45, 2.75) is 35.5 Å². The summed E-state index contributed by atoms with van der Waals surface area (Å²) in [6.07, 6.45) is -9.11. The number of hydrogen-bond acceptors (Lipinski definition) is 0. The molecule has 0 aliphatic rings. The Labute approximate surface area is 96.9 Å². The van der Waals surface area contributed by atoms with Crippen LogP contribution in [-0.2, 0) is 0 Å². The van der Waals surface area contributed by atoms with Gasteiger partial charge < -0.3 is 0 Å². The molecule has 0 atom stereocenters. The molecule has 0 aromatic carbocycles. The van der Waals surface area contributed by atoms with E-state index in [1.54, 1.807) is 0 Å². The van der Waals surface area contributed by atoms with E-state index in [2.05, 4.69) is 0 Å². The number of allylic oxidation sites excluding steroid dienone is 2. The molecule has 0 heterocycles. The van der Waals surface area contributed by atoms with E-state index < -0.39 is 22.2 Å². The van der Waals surface area contributed by atoms with Crippen molar-refractivity contribution in [3.05, 3.63) is 12.2 Å². The van der Waals surface area contributed by atoms with E-state index in [1.165, 1.54) is 19.1 Å². The van der Waals surface area contributed by atoms with Crippen LogP contribution in [0.1, 0.15) is 19.8 Å². The fraction of sp³-hybridized carbons (Fsp3) is 0.750. The predicted octanol–water partition coefficient (Wildman–Crippen LogP) is 4.64. The number of hydrogen-bond donors (Lipinski definition) is 0. The van der Waals surface area contributed by atoms with E-state index in [0.717, 1.165) is 0 Å². The molecule has 0 unspecified atom stereocenters. The van der Waals surface area contributed by atoms with Crippen molar-refractivity contribution in [2.75, 3.05) is 0 Å². The predicted molar refractivity (Wildman–Crippen MR) is 52.9 cm³/mol. The zero-order chi connectivity index (χ0) is 12.3. The minimum atomic E-state index is -5.28. The molecule has 0 spiro atoms. The minimum Gasteiger partial charge on any atom is -0.169 e. The molecule has 0 aromatic rings. The molecule has 0 N–H and O–H groups in total. The Hall–Kier alpha value is 0.0500. The first kappa shape index (κ1) is 15.0. The zero-order valence-corrected chi connectivity index (χ0v) is 9.87. The van der Waals surface area contributed by atoms with Gasteiger partial charge in [0.2, 0.25) is 3.42 Å². The minimum absolute atomic E-state index is 0.252. The van der Waals surface area contributed by atoms with Gasteiger partial charge in [0.1, 0.15) is 0 Å². The van der Waals surface area contributed by atoms with Gasteiger partial charge in [0.25, 0.3) is 0 Å². The molecule has 0 aliphatic carbocycles. The summed E-state index contributed by atoms with van der Waals surface area (Å²) in [5, 5.41) is 0. The maximum Gasteiger partial charge on any atom is 0.412 e. The van der Waals surface area contributed by atoms with E-state index in [9.17, 15) is 26.3 Å². The van der Waals surface area contributed by atoms with Crippen LogP contribution in [0, 0.1) is 0 Å². The molecule has 0 rings (SSSR count). The van der Waals surface area contributed by atoms with Crippen LogP contribution in [0.3, 0.4) is 0 Å². The van der Waals surface area contributed by atoms with Gasteiger partial charge in [-0.25, -0.2) is 0 Å². The third kappa shape index (κ3) is 3.53. The highest BCUT2D eigenvalue weighted by atomic mass is 127. The molecule has 0 fully saturated rings. The van der Waals surface area contributed by atoms with E-state index in [-0.39, 0.29) is 6.42 Å². The topological polar surface area (TPSA) is 0 Å². The Kier molecular flexibility index (Phi) is 4.94. The van der Waals surface area contributed by atoms with Crippen molar-refractivity contribution < 1.29 is 26.3 Å². The first-order chi connectivity index (χ1) is 6.56. The fourth-order valence-electron chi connectivity index (χ4n) is 0.893. The van der Waals surface area contributed by atoms with Gasteiger partial charge in [-0.1, -0.05) is 34.7 Å². The molecule has 7 heteroatoms. The van der Waals surface area contributed by atoms with E-state index in [4.69, 9.17) is 0 Å². The van der Waals surface area contributed by atoms with Gasteiger partial charge in [0, 0.05) is 0 Å². The van der Waals surface area contributed by atoms with Crippen molar-refractivity contribution in [1.29, 1.82) is 0 Å². The quantitative estimate of drug-likeness (QED) is 0.302. The Balaban J connectivity index is 4.89. The molecule has 0 aromatic heterocycles. The summed E-state index contributed by atoms with van der Waals surface area (Å²) < 4.78 is 70.0. The summed E-state index contributed by atoms with van der Waals surface area (Å²) in [6, 6.07) is 0. The lowest BCUT2D eigenvalue weighted by molar-refractivity contribution is -0.258. The third-order valence-corrected chi connectivity index (χ3v) is 3.55. The van der Waals surface area contributed by atoms with Crippen LogP contribution in [0.15, 0.2) is 12.2 Å². The molecule has 0 saturated heterocycles. The van der Waals surface area contributed by atoms with Gasteiger partial charge >= 0.3 is 12.4 Å². The molecule has 0 amide bonds. The van der Waals surface area contributed by atoms with E-state index in [0.29, 0.717) is 22.6 Å². The SMILES string of the molecule is C/C=C/CCC(I)(C(F)(F)F)C(F)(F)F. The molecule has 0 saturated carbocycles. The van der Waals surface area contributed by atoms with Gasteiger partial charge in [-0.15, -0.1) is 0 Å². The van der Waals surface area contributed by atoms with Crippen molar-refractivity contribution in [1.82, 2.24) is 0 Å². The Bertz CT molecular complexity index is 212. The second kappa shape index (κ2) is 4.92. The van der Waals surface area contributed by atoms with E-state index >= 15 is 0 Å². The monoisotopic (exact) mass is 346 g/mol. The molecule has 0 bridgehead atoms. The lowest BCUT2D eigenvalue weighted by Gasteiger charge is -2.31. The highest BCUT2D eigenvalue weighted by Gasteiger charge is 2.68. The van der Waals surface area contributed by atoms with Gasteiger partial charge in [0.05, 0.1) is 0 Å². The van der Waals surface area contributed by atoms with Crippen LogP contribution in [0.5, 0.6) is 0 Å². The van der Waals surface area contributed by atoms with Crippen LogP contribution in [0.2, 0.25) is 0 Å². The maximum absolute atomic E-state index is 12.3. The third-order valence-electron chi connectivity index (χ3n) is 1.79. The Morgan fingerprint density at radius 1 is 1.00 bits per heavy atom. The zero-order valence-electron chi connectivity index (χ0n) is 7.71. The lowest BCUT2D eigenvalue weighted by atomic mass is 10.0. The highest BCUT2D eigenvalue weighted by molar-refractivity contribution is 14.1. The largest absolute Gasteiger partial charge is 0.412 e. The normalized spacial score (nSPS) is 14.9. The fourth-order valence-corrected chi connectivity index (χ4v) is 1.20. The van der Waals surface area contributed by atoms with Crippen LogP contribution in [-0.4, -0.2) is 15.8 Å². The van der Waals surface area contributed by atoms with Crippen molar-refractivity contribution >= 4 is 22.6 Å². The van der Waals surface area contributed by atoms with Crippen LogP contribution < -0.4 is 0 Å². The number of halogens is 7. The van der Waals surface area contributed by atoms with Gasteiger partial charge in [-0.2, -0.15) is 26.3 Å². The smallest absolute Gasteiger partial charge is 0.169 e. The van der Waals surface area contributed by atoms with Gasteiger partial charge in [-0.3, -0.25) is 0 Å².